The highest BCUT2D eigenvalue weighted by atomic mass is 16.2. The van der Waals surface area contributed by atoms with Crippen LogP contribution in [-0.2, 0) is 0 Å². The molecule has 1 aliphatic carbocycles. The number of amides is 1. The number of aromatic amines is 1. The number of hydrogen-bond acceptors (Lipinski definition) is 1. The lowest BCUT2D eigenvalue weighted by atomic mass is 10.0. The van der Waals surface area contributed by atoms with Crippen molar-refractivity contribution >= 4 is 16.8 Å². The van der Waals surface area contributed by atoms with Gasteiger partial charge in [-0.1, -0.05) is 6.42 Å². The molecule has 2 aromatic rings. The van der Waals surface area contributed by atoms with Gasteiger partial charge in [-0.2, -0.15) is 0 Å². The number of benzene rings is 1. The molecule has 1 N–H and O–H groups in total. The molecule has 0 radical (unpaired) electrons. The smallest absolute Gasteiger partial charge is 0.253 e. The predicted molar refractivity (Wildman–Crippen MR) is 84.5 cm³/mol. The van der Waals surface area contributed by atoms with Crippen LogP contribution in [0, 0.1) is 25.7 Å². The molecule has 110 valence electrons. The average molecular weight is 282 g/mol. The zero-order valence-electron chi connectivity index (χ0n) is 12.8. The molecule has 3 heteroatoms. The summed E-state index contributed by atoms with van der Waals surface area (Å²) in [5, 5.41) is 1.18. The van der Waals surface area contributed by atoms with E-state index in [0.29, 0.717) is 0 Å². The third kappa shape index (κ3) is 1.98. The minimum atomic E-state index is 0.213. The Morgan fingerprint density at radius 2 is 1.90 bits per heavy atom. The van der Waals surface area contributed by atoms with Gasteiger partial charge < -0.3 is 9.88 Å². The Morgan fingerprint density at radius 1 is 1.19 bits per heavy atom. The van der Waals surface area contributed by atoms with E-state index in [-0.39, 0.29) is 5.91 Å². The molecule has 2 aliphatic rings. The quantitative estimate of drug-likeness (QED) is 0.851. The zero-order valence-corrected chi connectivity index (χ0v) is 12.8. The van der Waals surface area contributed by atoms with Crippen molar-refractivity contribution in [3.8, 4) is 0 Å². The molecular weight excluding hydrogens is 260 g/mol. The van der Waals surface area contributed by atoms with Crippen LogP contribution in [0.4, 0.5) is 0 Å². The molecule has 2 fully saturated rings. The third-order valence-corrected chi connectivity index (χ3v) is 5.57. The van der Waals surface area contributed by atoms with E-state index in [2.05, 4.69) is 29.8 Å². The van der Waals surface area contributed by atoms with Gasteiger partial charge in [-0.25, -0.2) is 0 Å². The molecule has 1 amide bonds. The Hall–Kier alpha value is -1.77. The number of hydrogen-bond donors (Lipinski definition) is 1. The van der Waals surface area contributed by atoms with Gasteiger partial charge in [-0.15, -0.1) is 0 Å². The summed E-state index contributed by atoms with van der Waals surface area (Å²) in [5.41, 5.74) is 4.40. The minimum Gasteiger partial charge on any atom is -0.358 e. The second-order valence-electron chi connectivity index (χ2n) is 6.80. The lowest BCUT2D eigenvalue weighted by Crippen LogP contribution is -2.29. The summed E-state index contributed by atoms with van der Waals surface area (Å²) in [4.78, 5) is 18.2. The molecule has 2 unspecified atom stereocenters. The van der Waals surface area contributed by atoms with Crippen LogP contribution in [0.15, 0.2) is 18.2 Å². The highest BCUT2D eigenvalue weighted by Crippen LogP contribution is 2.38. The maximum Gasteiger partial charge on any atom is 0.253 e. The van der Waals surface area contributed by atoms with E-state index >= 15 is 0 Å². The van der Waals surface area contributed by atoms with Crippen molar-refractivity contribution in [2.24, 2.45) is 11.8 Å². The number of likely N-dealkylation sites (tertiary alicyclic amines) is 1. The van der Waals surface area contributed by atoms with Crippen molar-refractivity contribution in [1.82, 2.24) is 9.88 Å². The molecule has 2 atom stereocenters. The Labute approximate surface area is 125 Å². The van der Waals surface area contributed by atoms with Gasteiger partial charge in [-0.05, 0) is 62.3 Å². The van der Waals surface area contributed by atoms with Gasteiger partial charge >= 0.3 is 0 Å². The molecule has 1 aromatic carbocycles. The SMILES string of the molecule is Cc1[nH]c2ccc(C(=O)N3CC4CCCC4C3)cc2c1C. The van der Waals surface area contributed by atoms with Crippen LogP contribution in [-0.4, -0.2) is 28.9 Å². The first-order valence-electron chi connectivity index (χ1n) is 8.01. The Kier molecular flexibility index (Phi) is 2.84. The molecule has 4 rings (SSSR count). The summed E-state index contributed by atoms with van der Waals surface area (Å²) in [6.07, 6.45) is 3.97. The van der Waals surface area contributed by atoms with Gasteiger partial charge in [0.2, 0.25) is 0 Å². The standard InChI is InChI=1S/C18H22N2O/c1-11-12(2)19-17-7-6-13(8-16(11)17)18(21)20-9-14-4-3-5-15(14)10-20/h6-8,14-15,19H,3-5,9-10H2,1-2H3. The molecular formula is C18H22N2O. The van der Waals surface area contributed by atoms with Crippen molar-refractivity contribution < 1.29 is 4.79 Å². The van der Waals surface area contributed by atoms with E-state index < -0.39 is 0 Å². The maximum absolute atomic E-state index is 12.8. The van der Waals surface area contributed by atoms with Crippen LogP contribution in [0.5, 0.6) is 0 Å². The molecule has 0 spiro atoms. The van der Waals surface area contributed by atoms with Gasteiger partial charge in [0.15, 0.2) is 0 Å². The summed E-state index contributed by atoms with van der Waals surface area (Å²) in [7, 11) is 0. The zero-order chi connectivity index (χ0) is 14.6. The first-order chi connectivity index (χ1) is 10.1. The Bertz CT molecular complexity index is 703. The Morgan fingerprint density at radius 3 is 2.62 bits per heavy atom. The predicted octanol–water partition coefficient (Wildman–Crippen LogP) is 3.66. The number of H-pyrrole nitrogens is 1. The van der Waals surface area contributed by atoms with Crippen LogP contribution in [0.3, 0.4) is 0 Å². The topological polar surface area (TPSA) is 36.1 Å². The first kappa shape index (κ1) is 12.9. The third-order valence-electron chi connectivity index (χ3n) is 5.57. The fourth-order valence-corrected chi connectivity index (χ4v) is 4.18. The number of rotatable bonds is 1. The van der Waals surface area contributed by atoms with Gasteiger partial charge in [0.05, 0.1) is 0 Å². The Balaban J connectivity index is 1.64. The molecule has 1 saturated heterocycles. The highest BCUT2D eigenvalue weighted by Gasteiger charge is 2.38. The summed E-state index contributed by atoms with van der Waals surface area (Å²) in [6.45, 7) is 6.13. The fraction of sp³-hybridized carbons (Fsp3) is 0.500. The molecule has 1 saturated carbocycles. The van der Waals surface area contributed by atoms with Crippen LogP contribution in [0.25, 0.3) is 10.9 Å². The highest BCUT2D eigenvalue weighted by molar-refractivity contribution is 5.99. The number of nitrogens with one attached hydrogen (secondary N) is 1. The molecule has 1 aliphatic heterocycles. The maximum atomic E-state index is 12.8. The van der Waals surface area contributed by atoms with Gasteiger partial charge in [-0.3, -0.25) is 4.79 Å². The van der Waals surface area contributed by atoms with Crippen LogP contribution >= 0.6 is 0 Å². The number of fused-ring (bicyclic) bond motifs is 2. The molecule has 2 heterocycles. The van der Waals surface area contributed by atoms with Gasteiger partial charge in [0, 0.05) is 35.2 Å². The van der Waals surface area contributed by atoms with Crippen LogP contribution < -0.4 is 0 Å². The fourth-order valence-electron chi connectivity index (χ4n) is 4.18. The van der Waals surface area contributed by atoms with E-state index in [4.69, 9.17) is 0 Å². The summed E-state index contributed by atoms with van der Waals surface area (Å²) >= 11 is 0. The van der Waals surface area contributed by atoms with E-state index in [1.54, 1.807) is 0 Å². The largest absolute Gasteiger partial charge is 0.358 e. The monoisotopic (exact) mass is 282 g/mol. The second kappa shape index (κ2) is 4.62. The van der Waals surface area contributed by atoms with Crippen LogP contribution in [0.2, 0.25) is 0 Å². The normalized spacial score (nSPS) is 24.8. The number of aryl methyl sites for hydroxylation is 2. The number of carbonyl (C=O) groups is 1. The summed E-state index contributed by atoms with van der Waals surface area (Å²) in [6, 6.07) is 6.07. The van der Waals surface area contributed by atoms with Crippen molar-refractivity contribution in [2.45, 2.75) is 33.1 Å². The minimum absolute atomic E-state index is 0.213. The van der Waals surface area contributed by atoms with Gasteiger partial charge in [0.25, 0.3) is 5.91 Å². The van der Waals surface area contributed by atoms with E-state index in [0.717, 1.165) is 36.0 Å². The molecule has 21 heavy (non-hydrogen) atoms. The van der Waals surface area contributed by atoms with E-state index in [9.17, 15) is 4.79 Å². The van der Waals surface area contributed by atoms with Crippen molar-refractivity contribution in [3.63, 3.8) is 0 Å². The van der Waals surface area contributed by atoms with Crippen LogP contribution in [0.1, 0.15) is 40.9 Å². The van der Waals surface area contributed by atoms with Gasteiger partial charge in [0.1, 0.15) is 0 Å². The summed E-state index contributed by atoms with van der Waals surface area (Å²) in [5.74, 6) is 1.73. The number of carbonyl (C=O) groups excluding carboxylic acids is 1. The molecule has 3 nitrogen and oxygen atoms in total. The van der Waals surface area contributed by atoms with Crippen molar-refractivity contribution in [3.05, 3.63) is 35.0 Å². The van der Waals surface area contributed by atoms with Crippen molar-refractivity contribution in [2.75, 3.05) is 13.1 Å². The molecule has 1 aromatic heterocycles. The lowest BCUT2D eigenvalue weighted by molar-refractivity contribution is 0.0781. The van der Waals surface area contributed by atoms with Crippen molar-refractivity contribution in [1.29, 1.82) is 0 Å². The number of nitrogens with zero attached hydrogens (tertiary/aromatic N) is 1. The van der Waals surface area contributed by atoms with E-state index in [1.165, 1.54) is 35.9 Å². The number of aromatic nitrogens is 1. The first-order valence-corrected chi connectivity index (χ1v) is 8.01. The summed E-state index contributed by atoms with van der Waals surface area (Å²) < 4.78 is 0. The molecule has 0 bridgehead atoms. The lowest BCUT2D eigenvalue weighted by Gasteiger charge is -2.17. The second-order valence-corrected chi connectivity index (χ2v) is 6.80. The average Bonchev–Trinajstić information content (AvgIpc) is 3.13. The van der Waals surface area contributed by atoms with E-state index in [1.807, 2.05) is 12.1 Å².